The Balaban J connectivity index is 1.87. The Labute approximate surface area is 161 Å². The van der Waals surface area contributed by atoms with E-state index < -0.39 is 0 Å². The summed E-state index contributed by atoms with van der Waals surface area (Å²) < 4.78 is 11.1. The zero-order valence-electron chi connectivity index (χ0n) is 13.7. The van der Waals surface area contributed by atoms with E-state index in [1.807, 2.05) is 55.5 Å². The van der Waals surface area contributed by atoms with Crippen molar-refractivity contribution in [3.8, 4) is 11.5 Å². The highest BCUT2D eigenvalue weighted by atomic mass is 35.5. The maximum Gasteiger partial charge on any atom is 0.169 e. The Morgan fingerprint density at radius 1 is 0.960 bits per heavy atom. The molecule has 0 N–H and O–H groups in total. The fourth-order valence-electron chi connectivity index (χ4n) is 1.81. The molecule has 132 valence electrons. The van der Waals surface area contributed by atoms with Crippen LogP contribution in [0, 0.1) is 0 Å². The Morgan fingerprint density at radius 3 is 1.96 bits per heavy atom. The van der Waals surface area contributed by atoms with E-state index in [0.29, 0.717) is 18.8 Å². The molecule has 0 unspecified atom stereocenters. The second kappa shape index (κ2) is 10.4. The van der Waals surface area contributed by atoms with Gasteiger partial charge in [0.05, 0.1) is 0 Å². The summed E-state index contributed by atoms with van der Waals surface area (Å²) in [6.07, 6.45) is 2.08. The fourth-order valence-corrected chi connectivity index (χ4v) is 2.75. The predicted molar refractivity (Wildman–Crippen MR) is 103 cm³/mol. The van der Waals surface area contributed by atoms with Gasteiger partial charge in [-0.2, -0.15) is 0 Å². The molecule has 0 aromatic heterocycles. The molecule has 2 aromatic rings. The zero-order chi connectivity index (χ0) is 18.1. The third-order valence-electron chi connectivity index (χ3n) is 3.16. The van der Waals surface area contributed by atoms with Gasteiger partial charge in [-0.1, -0.05) is 41.9 Å². The summed E-state index contributed by atoms with van der Waals surface area (Å²) >= 11 is 12.7. The number of rotatable bonds is 9. The molecule has 0 spiro atoms. The summed E-state index contributed by atoms with van der Waals surface area (Å²) in [7, 11) is 0. The van der Waals surface area contributed by atoms with Crippen LogP contribution in [-0.2, 0) is 4.79 Å². The largest absolute Gasteiger partial charge is 0.489 e. The molecule has 25 heavy (non-hydrogen) atoms. The first-order chi connectivity index (χ1) is 12.1. The van der Waals surface area contributed by atoms with Crippen LogP contribution in [0.3, 0.4) is 0 Å². The van der Waals surface area contributed by atoms with Crippen molar-refractivity contribution in [3.05, 3.63) is 59.1 Å². The van der Waals surface area contributed by atoms with Crippen molar-refractivity contribution in [2.24, 2.45) is 0 Å². The molecule has 0 aliphatic heterocycles. The van der Waals surface area contributed by atoms with Crippen LogP contribution in [0.15, 0.2) is 68.9 Å². The van der Waals surface area contributed by atoms with Gasteiger partial charge in [-0.05, 0) is 54.6 Å². The normalized spacial score (nSPS) is 10.2. The number of benzene rings is 2. The molecule has 0 heterocycles. The first-order valence-corrected chi connectivity index (χ1v) is 9.30. The number of halogens is 2. The Bertz CT molecular complexity index is 708. The molecule has 0 bridgehead atoms. The van der Waals surface area contributed by atoms with Crippen molar-refractivity contribution in [1.82, 2.24) is 0 Å². The summed E-state index contributed by atoms with van der Waals surface area (Å²) in [5, 5.41) is 0. The highest BCUT2D eigenvalue weighted by molar-refractivity contribution is 7.99. The van der Waals surface area contributed by atoms with E-state index in [0.717, 1.165) is 15.5 Å². The van der Waals surface area contributed by atoms with Gasteiger partial charge < -0.3 is 9.47 Å². The Morgan fingerprint density at radius 2 is 1.48 bits per heavy atom. The van der Waals surface area contributed by atoms with Gasteiger partial charge in [-0.25, -0.2) is 0 Å². The van der Waals surface area contributed by atoms with Gasteiger partial charge in [0, 0.05) is 16.2 Å². The van der Waals surface area contributed by atoms with Gasteiger partial charge in [-0.3, -0.25) is 4.79 Å². The number of ketones is 1. The van der Waals surface area contributed by atoms with Gasteiger partial charge in [0.2, 0.25) is 0 Å². The van der Waals surface area contributed by atoms with E-state index >= 15 is 0 Å². The van der Waals surface area contributed by atoms with Crippen molar-refractivity contribution in [3.63, 3.8) is 0 Å². The Hall–Kier alpha value is -1.62. The lowest BCUT2D eigenvalue weighted by Crippen LogP contribution is -2.09. The molecule has 0 saturated heterocycles. The maximum atomic E-state index is 11.3. The molecular weight excluding hydrogens is 379 g/mol. The average Bonchev–Trinajstić information content (AvgIpc) is 2.62. The van der Waals surface area contributed by atoms with Crippen LogP contribution in [-0.4, -0.2) is 19.0 Å². The number of carbonyl (C=O) groups excluding carboxylic acids is 1. The molecule has 6 heteroatoms. The Kier molecular flexibility index (Phi) is 8.19. The third-order valence-corrected chi connectivity index (χ3v) is 4.49. The smallest absolute Gasteiger partial charge is 0.169 e. The molecule has 0 fully saturated rings. The standard InChI is InChI=1S/C19H18Cl2O3S/c1-2-14(22)13-24-16-5-9-18(10-6-16)25-17-7-3-15(4-8-17)23-12-11-19(20)21/h3-11H,2,12-13H2,1H3. The van der Waals surface area contributed by atoms with Gasteiger partial charge >= 0.3 is 0 Å². The van der Waals surface area contributed by atoms with Crippen LogP contribution in [0.5, 0.6) is 11.5 Å². The van der Waals surface area contributed by atoms with E-state index in [1.165, 1.54) is 0 Å². The molecule has 0 radical (unpaired) electrons. The number of hydrogen-bond acceptors (Lipinski definition) is 4. The van der Waals surface area contributed by atoms with Crippen LogP contribution in [0.2, 0.25) is 0 Å². The van der Waals surface area contributed by atoms with Gasteiger partial charge in [0.15, 0.2) is 5.78 Å². The van der Waals surface area contributed by atoms with Crippen LogP contribution in [0.25, 0.3) is 0 Å². The summed E-state index contributed by atoms with van der Waals surface area (Å²) in [6, 6.07) is 15.4. The summed E-state index contributed by atoms with van der Waals surface area (Å²) in [5.41, 5.74) is 0. The van der Waals surface area contributed by atoms with Crippen molar-refractivity contribution < 1.29 is 14.3 Å². The van der Waals surface area contributed by atoms with Crippen LogP contribution >= 0.6 is 35.0 Å². The molecule has 0 saturated carbocycles. The van der Waals surface area contributed by atoms with E-state index in [2.05, 4.69) is 0 Å². The molecule has 0 amide bonds. The topological polar surface area (TPSA) is 35.5 Å². The van der Waals surface area contributed by atoms with Crippen molar-refractivity contribution in [2.75, 3.05) is 13.2 Å². The van der Waals surface area contributed by atoms with Crippen molar-refractivity contribution in [1.29, 1.82) is 0 Å². The zero-order valence-corrected chi connectivity index (χ0v) is 16.0. The third kappa shape index (κ3) is 7.43. The lowest BCUT2D eigenvalue weighted by Gasteiger charge is -2.07. The fraction of sp³-hybridized carbons (Fsp3) is 0.211. The first kappa shape index (κ1) is 19.7. The van der Waals surface area contributed by atoms with Crippen LogP contribution in [0.4, 0.5) is 0 Å². The molecule has 2 rings (SSSR count). The molecule has 2 aromatic carbocycles. The number of ether oxygens (including phenoxy) is 2. The number of carbonyl (C=O) groups is 1. The summed E-state index contributed by atoms with van der Waals surface area (Å²) in [6.45, 7) is 2.27. The minimum absolute atomic E-state index is 0.0876. The molecule has 0 aliphatic carbocycles. The van der Waals surface area contributed by atoms with Crippen LogP contribution in [0.1, 0.15) is 13.3 Å². The quantitative estimate of drug-likeness (QED) is 0.528. The van der Waals surface area contributed by atoms with E-state index in [9.17, 15) is 4.79 Å². The van der Waals surface area contributed by atoms with Crippen LogP contribution < -0.4 is 9.47 Å². The van der Waals surface area contributed by atoms with E-state index in [1.54, 1.807) is 17.8 Å². The van der Waals surface area contributed by atoms with Crippen molar-refractivity contribution >= 4 is 40.7 Å². The van der Waals surface area contributed by atoms with E-state index in [4.69, 9.17) is 32.7 Å². The molecule has 3 nitrogen and oxygen atoms in total. The minimum Gasteiger partial charge on any atom is -0.489 e. The number of hydrogen-bond donors (Lipinski definition) is 0. The van der Waals surface area contributed by atoms with Gasteiger partial charge in [0.25, 0.3) is 0 Å². The predicted octanol–water partition coefficient (Wildman–Crippen LogP) is 5.89. The second-order valence-electron chi connectivity index (χ2n) is 5.03. The minimum atomic E-state index is 0.0876. The number of Topliss-reactive ketones (excluding diaryl/α,β-unsaturated/α-hetero) is 1. The summed E-state index contributed by atoms with van der Waals surface area (Å²) in [5.74, 6) is 1.53. The first-order valence-electron chi connectivity index (χ1n) is 7.73. The van der Waals surface area contributed by atoms with Gasteiger partial charge in [0.1, 0.15) is 29.2 Å². The molecular formula is C19H18Cl2O3S. The molecule has 0 aliphatic rings. The lowest BCUT2D eigenvalue weighted by molar-refractivity contribution is -0.120. The lowest BCUT2D eigenvalue weighted by atomic mass is 10.3. The molecule has 0 atom stereocenters. The average molecular weight is 397 g/mol. The van der Waals surface area contributed by atoms with Gasteiger partial charge in [-0.15, -0.1) is 0 Å². The monoisotopic (exact) mass is 396 g/mol. The highest BCUT2D eigenvalue weighted by Crippen LogP contribution is 2.30. The SMILES string of the molecule is CCC(=O)COc1ccc(Sc2ccc(OCC=C(Cl)Cl)cc2)cc1. The van der Waals surface area contributed by atoms with E-state index in [-0.39, 0.29) is 16.9 Å². The maximum absolute atomic E-state index is 11.3. The highest BCUT2D eigenvalue weighted by Gasteiger charge is 2.02. The van der Waals surface area contributed by atoms with Crippen molar-refractivity contribution in [2.45, 2.75) is 23.1 Å². The second-order valence-corrected chi connectivity index (χ2v) is 7.19. The summed E-state index contributed by atoms with van der Waals surface area (Å²) in [4.78, 5) is 13.4.